The lowest BCUT2D eigenvalue weighted by molar-refractivity contribution is 0.0938. The van der Waals surface area contributed by atoms with Crippen LogP contribution in [0.2, 0.25) is 0 Å². The molecule has 0 aliphatic carbocycles. The van der Waals surface area contributed by atoms with E-state index in [1.807, 2.05) is 26.0 Å². The van der Waals surface area contributed by atoms with Gasteiger partial charge in [-0.05, 0) is 53.5 Å². The number of carbonyl (C=O) groups is 1. The SMILES string of the molecule is Cc1nc(Br)ccc1[C@H](C)NC(=O)c1ccc(C#N)[nH]c1=O. The second kappa shape index (κ2) is 6.54. The lowest BCUT2D eigenvalue weighted by Gasteiger charge is -2.16. The Labute approximate surface area is 135 Å². The van der Waals surface area contributed by atoms with Crippen molar-refractivity contribution in [2.75, 3.05) is 0 Å². The highest BCUT2D eigenvalue weighted by Gasteiger charge is 2.16. The molecular formula is C15H13BrN4O2. The largest absolute Gasteiger partial charge is 0.345 e. The molecular weight excluding hydrogens is 348 g/mol. The molecule has 1 amide bonds. The van der Waals surface area contributed by atoms with Crippen molar-refractivity contribution in [1.29, 1.82) is 5.26 Å². The zero-order valence-corrected chi connectivity index (χ0v) is 13.6. The Morgan fingerprint density at radius 2 is 2.14 bits per heavy atom. The summed E-state index contributed by atoms with van der Waals surface area (Å²) in [4.78, 5) is 30.6. The van der Waals surface area contributed by atoms with Gasteiger partial charge in [-0.1, -0.05) is 6.07 Å². The first-order chi connectivity index (χ1) is 10.4. The molecule has 0 saturated heterocycles. The van der Waals surface area contributed by atoms with E-state index in [9.17, 15) is 9.59 Å². The van der Waals surface area contributed by atoms with Gasteiger partial charge in [0.15, 0.2) is 0 Å². The van der Waals surface area contributed by atoms with E-state index < -0.39 is 11.5 Å². The molecule has 2 N–H and O–H groups in total. The van der Waals surface area contributed by atoms with Crippen LogP contribution in [-0.2, 0) is 0 Å². The molecule has 0 aliphatic rings. The third-order valence-electron chi connectivity index (χ3n) is 3.18. The monoisotopic (exact) mass is 360 g/mol. The van der Waals surface area contributed by atoms with E-state index in [0.717, 1.165) is 15.9 Å². The highest BCUT2D eigenvalue weighted by atomic mass is 79.9. The minimum atomic E-state index is -0.589. The van der Waals surface area contributed by atoms with E-state index in [4.69, 9.17) is 5.26 Å². The maximum absolute atomic E-state index is 12.2. The summed E-state index contributed by atoms with van der Waals surface area (Å²) >= 11 is 3.29. The van der Waals surface area contributed by atoms with Crippen molar-refractivity contribution in [3.05, 3.63) is 61.7 Å². The summed E-state index contributed by atoms with van der Waals surface area (Å²) in [6, 6.07) is 7.90. The number of hydrogen-bond acceptors (Lipinski definition) is 4. The van der Waals surface area contributed by atoms with Crippen molar-refractivity contribution in [3.63, 3.8) is 0 Å². The number of pyridine rings is 2. The van der Waals surface area contributed by atoms with Gasteiger partial charge in [0.2, 0.25) is 0 Å². The van der Waals surface area contributed by atoms with Crippen LogP contribution >= 0.6 is 15.9 Å². The number of carbonyl (C=O) groups excluding carboxylic acids is 1. The predicted molar refractivity (Wildman–Crippen MR) is 84.3 cm³/mol. The molecule has 0 aliphatic heterocycles. The molecule has 22 heavy (non-hydrogen) atoms. The van der Waals surface area contributed by atoms with Crippen molar-refractivity contribution in [2.45, 2.75) is 19.9 Å². The zero-order chi connectivity index (χ0) is 16.3. The van der Waals surface area contributed by atoms with Crippen LogP contribution in [0.3, 0.4) is 0 Å². The topological polar surface area (TPSA) is 98.6 Å². The van der Waals surface area contributed by atoms with Crippen molar-refractivity contribution < 1.29 is 4.79 Å². The molecule has 6 nitrogen and oxygen atoms in total. The van der Waals surface area contributed by atoms with Gasteiger partial charge in [-0.15, -0.1) is 0 Å². The number of aromatic amines is 1. The van der Waals surface area contributed by atoms with E-state index in [-0.39, 0.29) is 17.3 Å². The average molecular weight is 361 g/mol. The number of hydrogen-bond donors (Lipinski definition) is 2. The van der Waals surface area contributed by atoms with Gasteiger partial charge in [-0.2, -0.15) is 5.26 Å². The van der Waals surface area contributed by atoms with Crippen LogP contribution in [0.1, 0.15) is 40.3 Å². The Hall–Kier alpha value is -2.46. The first-order valence-electron chi connectivity index (χ1n) is 6.49. The highest BCUT2D eigenvalue weighted by molar-refractivity contribution is 9.10. The van der Waals surface area contributed by atoms with Gasteiger partial charge in [-0.3, -0.25) is 9.59 Å². The molecule has 112 valence electrons. The van der Waals surface area contributed by atoms with Crippen LogP contribution in [-0.4, -0.2) is 15.9 Å². The Balaban J connectivity index is 2.21. The van der Waals surface area contributed by atoms with E-state index in [2.05, 4.69) is 31.2 Å². The molecule has 2 heterocycles. The van der Waals surface area contributed by atoms with Crippen LogP contribution < -0.4 is 10.9 Å². The number of nitriles is 1. The fourth-order valence-electron chi connectivity index (χ4n) is 2.07. The Morgan fingerprint density at radius 1 is 1.41 bits per heavy atom. The number of amides is 1. The summed E-state index contributed by atoms with van der Waals surface area (Å²) in [5, 5.41) is 11.5. The summed E-state index contributed by atoms with van der Waals surface area (Å²) in [6.07, 6.45) is 0. The first-order valence-corrected chi connectivity index (χ1v) is 7.29. The highest BCUT2D eigenvalue weighted by Crippen LogP contribution is 2.18. The van der Waals surface area contributed by atoms with Gasteiger partial charge in [0, 0.05) is 5.69 Å². The van der Waals surface area contributed by atoms with Crippen LogP contribution in [0.25, 0.3) is 0 Å². The molecule has 0 bridgehead atoms. The second-order valence-electron chi connectivity index (χ2n) is 4.73. The van der Waals surface area contributed by atoms with Crippen LogP contribution in [0.5, 0.6) is 0 Å². The van der Waals surface area contributed by atoms with E-state index in [1.54, 1.807) is 6.07 Å². The van der Waals surface area contributed by atoms with Crippen molar-refractivity contribution >= 4 is 21.8 Å². The smallest absolute Gasteiger partial charge is 0.261 e. The van der Waals surface area contributed by atoms with Crippen molar-refractivity contribution in [3.8, 4) is 6.07 Å². The van der Waals surface area contributed by atoms with Crippen molar-refractivity contribution in [2.24, 2.45) is 0 Å². The molecule has 0 spiro atoms. The second-order valence-corrected chi connectivity index (χ2v) is 5.54. The van der Waals surface area contributed by atoms with Crippen molar-refractivity contribution in [1.82, 2.24) is 15.3 Å². The number of nitrogens with one attached hydrogen (secondary N) is 2. The van der Waals surface area contributed by atoms with Crippen LogP contribution in [0.15, 0.2) is 33.7 Å². The zero-order valence-electron chi connectivity index (χ0n) is 12.0. The molecule has 7 heteroatoms. The van der Waals surface area contributed by atoms with E-state index in [0.29, 0.717) is 0 Å². The molecule has 1 atom stereocenters. The number of aryl methyl sites for hydroxylation is 1. The third kappa shape index (κ3) is 3.40. The quantitative estimate of drug-likeness (QED) is 0.819. The van der Waals surface area contributed by atoms with E-state index in [1.165, 1.54) is 12.1 Å². The van der Waals surface area contributed by atoms with Gasteiger partial charge < -0.3 is 10.3 Å². The average Bonchev–Trinajstić information content (AvgIpc) is 2.46. The fraction of sp³-hybridized carbons (Fsp3) is 0.200. The maximum atomic E-state index is 12.2. The van der Waals surface area contributed by atoms with Gasteiger partial charge in [0.05, 0.1) is 6.04 Å². The Kier molecular flexibility index (Phi) is 4.73. The minimum absolute atomic E-state index is 0.0337. The Bertz CT molecular complexity index is 823. The number of H-pyrrole nitrogens is 1. The van der Waals surface area contributed by atoms with Gasteiger partial charge in [0.25, 0.3) is 11.5 Å². The summed E-state index contributed by atoms with van der Waals surface area (Å²) < 4.78 is 0.718. The molecule has 2 aromatic heterocycles. The Morgan fingerprint density at radius 3 is 2.73 bits per heavy atom. The molecule has 2 rings (SSSR count). The lowest BCUT2D eigenvalue weighted by Crippen LogP contribution is -2.32. The minimum Gasteiger partial charge on any atom is -0.345 e. The normalized spacial score (nSPS) is 11.5. The number of rotatable bonds is 3. The summed E-state index contributed by atoms with van der Waals surface area (Å²) in [5.74, 6) is -0.499. The van der Waals surface area contributed by atoms with Gasteiger partial charge in [-0.25, -0.2) is 4.98 Å². The van der Waals surface area contributed by atoms with Gasteiger partial charge >= 0.3 is 0 Å². The molecule has 0 radical (unpaired) electrons. The molecule has 0 fully saturated rings. The molecule has 0 aromatic carbocycles. The summed E-state index contributed by atoms with van der Waals surface area (Å²) in [6.45, 7) is 3.66. The maximum Gasteiger partial charge on any atom is 0.261 e. The summed E-state index contributed by atoms with van der Waals surface area (Å²) in [7, 11) is 0. The number of nitrogens with zero attached hydrogens (tertiary/aromatic N) is 2. The fourth-order valence-corrected chi connectivity index (χ4v) is 2.47. The standard InChI is InChI=1S/C15H13BrN4O2/c1-8-11(5-6-13(16)18-8)9(2)19-14(21)12-4-3-10(7-17)20-15(12)22/h3-6,9H,1-2H3,(H,19,21)(H,20,22)/t9-/m0/s1. The summed E-state index contributed by atoms with van der Waals surface area (Å²) in [5.41, 5.74) is 1.14. The number of halogens is 1. The molecule has 2 aromatic rings. The lowest BCUT2D eigenvalue weighted by atomic mass is 10.1. The third-order valence-corrected chi connectivity index (χ3v) is 3.62. The van der Waals surface area contributed by atoms with Crippen LogP contribution in [0.4, 0.5) is 0 Å². The molecule has 0 unspecified atom stereocenters. The first kappa shape index (κ1) is 15.9. The van der Waals surface area contributed by atoms with Crippen LogP contribution in [0, 0.1) is 18.3 Å². The van der Waals surface area contributed by atoms with Gasteiger partial charge in [0.1, 0.15) is 21.9 Å². The van der Waals surface area contributed by atoms with E-state index >= 15 is 0 Å². The molecule has 0 saturated carbocycles. The predicted octanol–water partition coefficient (Wildman–Crippen LogP) is 2.20. The number of aromatic nitrogens is 2.